The van der Waals surface area contributed by atoms with Gasteiger partial charge in [-0.3, -0.25) is 0 Å². The van der Waals surface area contributed by atoms with Crippen LogP contribution < -0.4 is 10.0 Å². The first-order valence-electron chi connectivity index (χ1n) is 6.75. The average Bonchev–Trinajstić information content (AvgIpc) is 2.43. The second-order valence-corrected chi connectivity index (χ2v) is 6.83. The standard InChI is InChI=1S/C13H17F3N2O2S/c14-10-6-12(16)13(7-11(10)15)21(19,20)18-5-3-9-2-1-4-17-8-9/h6-7,9,17-18H,1-5,8H2. The number of hydrogen-bond acceptors (Lipinski definition) is 3. The number of hydrogen-bond donors (Lipinski definition) is 2. The predicted molar refractivity (Wildman–Crippen MR) is 71.7 cm³/mol. The van der Waals surface area contributed by atoms with E-state index in [1.165, 1.54) is 0 Å². The van der Waals surface area contributed by atoms with Crippen LogP contribution in [0, 0.1) is 23.4 Å². The second kappa shape index (κ2) is 6.76. The summed E-state index contributed by atoms with van der Waals surface area (Å²) in [6.07, 6.45) is 2.65. The third kappa shape index (κ3) is 4.18. The number of rotatable bonds is 5. The molecule has 1 heterocycles. The highest BCUT2D eigenvalue weighted by Gasteiger charge is 2.22. The van der Waals surface area contributed by atoms with Gasteiger partial charge in [-0.05, 0) is 44.3 Å². The number of benzene rings is 1. The van der Waals surface area contributed by atoms with Crippen LogP contribution in [0.15, 0.2) is 17.0 Å². The fraction of sp³-hybridized carbons (Fsp3) is 0.538. The summed E-state index contributed by atoms with van der Waals surface area (Å²) in [4.78, 5) is -0.872. The normalized spacial score (nSPS) is 19.7. The van der Waals surface area contributed by atoms with Crippen molar-refractivity contribution in [1.82, 2.24) is 10.0 Å². The van der Waals surface area contributed by atoms with Crippen LogP contribution in [0.25, 0.3) is 0 Å². The van der Waals surface area contributed by atoms with Crippen molar-refractivity contribution < 1.29 is 21.6 Å². The van der Waals surface area contributed by atoms with Crippen LogP contribution in [0.3, 0.4) is 0 Å². The van der Waals surface area contributed by atoms with Gasteiger partial charge in [-0.15, -0.1) is 0 Å². The molecule has 0 aliphatic carbocycles. The monoisotopic (exact) mass is 322 g/mol. The van der Waals surface area contributed by atoms with Gasteiger partial charge < -0.3 is 5.32 Å². The Kier molecular flexibility index (Phi) is 5.23. The Labute approximate surface area is 121 Å². The number of halogens is 3. The van der Waals surface area contributed by atoms with E-state index in [-0.39, 0.29) is 12.6 Å². The predicted octanol–water partition coefficient (Wildman–Crippen LogP) is 1.77. The molecule has 1 saturated heterocycles. The third-order valence-electron chi connectivity index (χ3n) is 3.51. The fourth-order valence-electron chi connectivity index (χ4n) is 2.36. The Morgan fingerprint density at radius 1 is 1.19 bits per heavy atom. The molecule has 1 aromatic carbocycles. The Morgan fingerprint density at radius 2 is 1.90 bits per heavy atom. The molecule has 1 unspecified atom stereocenters. The topological polar surface area (TPSA) is 58.2 Å². The zero-order valence-electron chi connectivity index (χ0n) is 11.3. The van der Waals surface area contributed by atoms with E-state index >= 15 is 0 Å². The Bertz CT molecular complexity index is 602. The lowest BCUT2D eigenvalue weighted by atomic mass is 9.96. The van der Waals surface area contributed by atoms with Gasteiger partial charge in [0.05, 0.1) is 0 Å². The molecule has 4 nitrogen and oxygen atoms in total. The number of piperidine rings is 1. The molecule has 2 rings (SSSR count). The smallest absolute Gasteiger partial charge is 0.243 e. The first-order chi connectivity index (χ1) is 9.90. The largest absolute Gasteiger partial charge is 0.316 e. The molecule has 0 spiro atoms. The molecule has 1 aliphatic heterocycles. The first-order valence-corrected chi connectivity index (χ1v) is 8.23. The molecule has 0 saturated carbocycles. The molecular weight excluding hydrogens is 305 g/mol. The zero-order chi connectivity index (χ0) is 15.5. The summed E-state index contributed by atoms with van der Waals surface area (Å²) < 4.78 is 65.4. The highest BCUT2D eigenvalue weighted by atomic mass is 32.2. The Balaban J connectivity index is 1.99. The van der Waals surface area contributed by atoms with Gasteiger partial charge in [0.25, 0.3) is 0 Å². The van der Waals surface area contributed by atoms with Crippen molar-refractivity contribution in [2.24, 2.45) is 5.92 Å². The SMILES string of the molecule is O=S(=O)(NCCC1CCCNC1)c1cc(F)c(F)cc1F. The van der Waals surface area contributed by atoms with Crippen molar-refractivity contribution >= 4 is 10.0 Å². The minimum Gasteiger partial charge on any atom is -0.316 e. The zero-order valence-corrected chi connectivity index (χ0v) is 12.1. The molecule has 1 fully saturated rings. The third-order valence-corrected chi connectivity index (χ3v) is 4.98. The maximum absolute atomic E-state index is 13.5. The molecule has 0 bridgehead atoms. The van der Waals surface area contributed by atoms with E-state index < -0.39 is 32.4 Å². The summed E-state index contributed by atoms with van der Waals surface area (Å²) >= 11 is 0. The molecule has 2 N–H and O–H groups in total. The van der Waals surface area contributed by atoms with Crippen LogP contribution in [0.4, 0.5) is 13.2 Å². The van der Waals surface area contributed by atoms with Crippen molar-refractivity contribution in [2.45, 2.75) is 24.2 Å². The van der Waals surface area contributed by atoms with Gasteiger partial charge in [0.2, 0.25) is 10.0 Å². The lowest BCUT2D eigenvalue weighted by molar-refractivity contribution is 0.358. The Morgan fingerprint density at radius 3 is 2.57 bits per heavy atom. The van der Waals surface area contributed by atoms with Crippen LogP contribution in [0.5, 0.6) is 0 Å². The lowest BCUT2D eigenvalue weighted by Gasteiger charge is -2.22. The van der Waals surface area contributed by atoms with Gasteiger partial charge in [0.1, 0.15) is 10.7 Å². The van der Waals surface area contributed by atoms with Crippen molar-refractivity contribution in [3.8, 4) is 0 Å². The average molecular weight is 322 g/mol. The molecule has 0 aromatic heterocycles. The Hall–Kier alpha value is -1.12. The quantitative estimate of drug-likeness (QED) is 0.813. The maximum Gasteiger partial charge on any atom is 0.243 e. The summed E-state index contributed by atoms with van der Waals surface area (Å²) in [7, 11) is -4.18. The molecular formula is C13H17F3N2O2S. The van der Waals surface area contributed by atoms with Crippen molar-refractivity contribution in [3.63, 3.8) is 0 Å². The van der Waals surface area contributed by atoms with Crippen molar-refractivity contribution in [2.75, 3.05) is 19.6 Å². The van der Waals surface area contributed by atoms with Gasteiger partial charge in [0, 0.05) is 12.6 Å². The molecule has 118 valence electrons. The minimum absolute atomic E-state index is 0.132. The van der Waals surface area contributed by atoms with Crippen molar-refractivity contribution in [3.05, 3.63) is 29.6 Å². The maximum atomic E-state index is 13.5. The fourth-order valence-corrected chi connectivity index (χ4v) is 3.47. The van der Waals surface area contributed by atoms with Gasteiger partial charge in [-0.1, -0.05) is 0 Å². The van der Waals surface area contributed by atoms with E-state index in [1.54, 1.807) is 0 Å². The first kappa shape index (κ1) is 16.3. The molecule has 21 heavy (non-hydrogen) atoms. The highest BCUT2D eigenvalue weighted by Crippen LogP contribution is 2.19. The number of nitrogens with one attached hydrogen (secondary N) is 2. The van der Waals surface area contributed by atoms with Gasteiger partial charge in [-0.2, -0.15) is 0 Å². The van der Waals surface area contributed by atoms with E-state index in [4.69, 9.17) is 0 Å². The van der Waals surface area contributed by atoms with Crippen LogP contribution in [0.1, 0.15) is 19.3 Å². The number of sulfonamides is 1. The van der Waals surface area contributed by atoms with Crippen molar-refractivity contribution in [1.29, 1.82) is 0 Å². The van der Waals surface area contributed by atoms with Gasteiger partial charge in [-0.25, -0.2) is 26.3 Å². The molecule has 0 amide bonds. The minimum atomic E-state index is -4.18. The summed E-state index contributed by atoms with van der Waals surface area (Å²) in [5.41, 5.74) is 0. The van der Waals surface area contributed by atoms with Crippen LogP contribution in [0.2, 0.25) is 0 Å². The van der Waals surface area contributed by atoms with Crippen LogP contribution in [-0.4, -0.2) is 28.1 Å². The molecule has 1 atom stereocenters. The van der Waals surface area contributed by atoms with E-state index in [2.05, 4.69) is 10.0 Å². The molecule has 0 radical (unpaired) electrons. The van der Waals surface area contributed by atoms with E-state index in [9.17, 15) is 21.6 Å². The van der Waals surface area contributed by atoms with Crippen LogP contribution in [-0.2, 0) is 10.0 Å². The van der Waals surface area contributed by atoms with E-state index in [0.717, 1.165) is 25.9 Å². The van der Waals surface area contributed by atoms with Crippen LogP contribution >= 0.6 is 0 Å². The van der Waals surface area contributed by atoms with Gasteiger partial charge >= 0.3 is 0 Å². The summed E-state index contributed by atoms with van der Waals surface area (Å²) in [6, 6.07) is 0.587. The van der Waals surface area contributed by atoms with E-state index in [1.807, 2.05) is 0 Å². The lowest BCUT2D eigenvalue weighted by Crippen LogP contribution is -2.33. The summed E-state index contributed by atoms with van der Waals surface area (Å²) in [6.45, 7) is 1.91. The van der Waals surface area contributed by atoms with Gasteiger partial charge in [0.15, 0.2) is 11.6 Å². The molecule has 8 heteroatoms. The van der Waals surface area contributed by atoms with E-state index in [0.29, 0.717) is 18.4 Å². The highest BCUT2D eigenvalue weighted by molar-refractivity contribution is 7.89. The molecule has 1 aromatic rings. The molecule has 1 aliphatic rings. The summed E-state index contributed by atoms with van der Waals surface area (Å²) in [5.74, 6) is -3.76. The second-order valence-electron chi connectivity index (χ2n) is 5.10. The summed E-state index contributed by atoms with van der Waals surface area (Å²) in [5, 5.41) is 3.21.